The summed E-state index contributed by atoms with van der Waals surface area (Å²) in [5, 5.41) is 13.0. The molecule has 0 fully saturated rings. The highest BCUT2D eigenvalue weighted by Crippen LogP contribution is 2.08. The largest absolute Gasteiger partial charge is 0.464 e. The zero-order valence-electron chi connectivity index (χ0n) is 10.7. The van der Waals surface area contributed by atoms with E-state index in [0.717, 1.165) is 11.5 Å². The van der Waals surface area contributed by atoms with Crippen LogP contribution >= 0.6 is 0 Å². The molecule has 0 aliphatic rings. The van der Waals surface area contributed by atoms with Gasteiger partial charge in [0.05, 0.1) is 6.54 Å². The fraction of sp³-hybridized carbons (Fsp3) is 0.455. The van der Waals surface area contributed by atoms with Gasteiger partial charge >= 0.3 is 0 Å². The van der Waals surface area contributed by atoms with Crippen LogP contribution in [0.5, 0.6) is 0 Å². The molecule has 1 aromatic rings. The van der Waals surface area contributed by atoms with E-state index >= 15 is 0 Å². The van der Waals surface area contributed by atoms with E-state index in [2.05, 4.69) is 15.6 Å². The van der Waals surface area contributed by atoms with Crippen molar-refractivity contribution in [3.05, 3.63) is 23.7 Å². The van der Waals surface area contributed by atoms with Crippen LogP contribution in [-0.4, -0.2) is 38.0 Å². The zero-order valence-corrected chi connectivity index (χ0v) is 10.7. The van der Waals surface area contributed by atoms with Gasteiger partial charge < -0.3 is 14.6 Å². The molecule has 6 heteroatoms. The molecule has 6 nitrogen and oxygen atoms in total. The first-order valence-corrected chi connectivity index (χ1v) is 5.33. The van der Waals surface area contributed by atoms with E-state index < -0.39 is 0 Å². The van der Waals surface area contributed by atoms with E-state index in [9.17, 15) is 0 Å². The highest BCUT2D eigenvalue weighted by atomic mass is 16.3. The van der Waals surface area contributed by atoms with Gasteiger partial charge in [0.15, 0.2) is 5.96 Å². The van der Waals surface area contributed by atoms with Crippen LogP contribution in [0.2, 0.25) is 0 Å². The monoisotopic (exact) mass is 237 g/mol. The summed E-state index contributed by atoms with van der Waals surface area (Å²) in [7, 11) is 5.24. The quantitative estimate of drug-likeness (QED) is 0.524. The van der Waals surface area contributed by atoms with E-state index in [4.69, 9.17) is 9.83 Å². The third-order valence-corrected chi connectivity index (χ3v) is 2.25. The zero-order chi connectivity index (χ0) is 12.8. The first kappa shape index (κ1) is 13.1. The summed E-state index contributed by atoms with van der Waals surface area (Å²) in [6.45, 7) is 2.51. The molecule has 1 aromatic heterocycles. The molecule has 3 N–H and O–H groups in total. The number of rotatable bonds is 2. The number of guanidine groups is 2. The lowest BCUT2D eigenvalue weighted by molar-refractivity contribution is 0.394. The molecule has 0 aliphatic carbocycles. The maximum atomic E-state index is 7.50. The Labute approximate surface area is 101 Å². The highest BCUT2D eigenvalue weighted by Gasteiger charge is 2.09. The number of hydrogen-bond acceptors (Lipinski definition) is 3. The van der Waals surface area contributed by atoms with E-state index in [1.807, 2.05) is 31.0 Å². The molecule has 0 bridgehead atoms. The van der Waals surface area contributed by atoms with Crippen molar-refractivity contribution in [2.45, 2.75) is 13.5 Å². The Morgan fingerprint density at radius 2 is 2.24 bits per heavy atom. The molecule has 0 unspecified atom stereocenters. The maximum Gasteiger partial charge on any atom is 0.200 e. The van der Waals surface area contributed by atoms with Crippen molar-refractivity contribution in [2.24, 2.45) is 4.99 Å². The van der Waals surface area contributed by atoms with E-state index in [0.29, 0.717) is 12.5 Å². The van der Waals surface area contributed by atoms with Crippen molar-refractivity contribution in [3.8, 4) is 0 Å². The van der Waals surface area contributed by atoms with Crippen molar-refractivity contribution in [2.75, 3.05) is 21.1 Å². The summed E-state index contributed by atoms with van der Waals surface area (Å²) in [6, 6.07) is 3.86. The second kappa shape index (κ2) is 5.93. The Kier molecular flexibility index (Phi) is 4.56. The van der Waals surface area contributed by atoms with Crippen LogP contribution in [-0.2, 0) is 6.54 Å². The summed E-state index contributed by atoms with van der Waals surface area (Å²) >= 11 is 0. The number of hydrogen-bond donors (Lipinski definition) is 3. The number of furan rings is 1. The molecule has 94 valence electrons. The van der Waals surface area contributed by atoms with Crippen molar-refractivity contribution >= 4 is 11.9 Å². The normalized spacial score (nSPS) is 11.2. The predicted octanol–water partition coefficient (Wildman–Crippen LogP) is 0.749. The van der Waals surface area contributed by atoms with Gasteiger partial charge in [-0.05, 0) is 19.1 Å². The van der Waals surface area contributed by atoms with Gasteiger partial charge in [0.2, 0.25) is 5.96 Å². The molecule has 0 atom stereocenters. The Balaban J connectivity index is 2.61. The van der Waals surface area contributed by atoms with Crippen LogP contribution in [0.3, 0.4) is 0 Å². The van der Waals surface area contributed by atoms with Gasteiger partial charge in [0.1, 0.15) is 11.5 Å². The van der Waals surface area contributed by atoms with E-state index in [1.54, 1.807) is 14.1 Å². The number of nitrogens with zero attached hydrogens (tertiary/aromatic N) is 2. The van der Waals surface area contributed by atoms with Gasteiger partial charge in [-0.3, -0.25) is 15.7 Å². The smallest absolute Gasteiger partial charge is 0.200 e. The van der Waals surface area contributed by atoms with Crippen LogP contribution in [0.1, 0.15) is 11.5 Å². The molecule has 1 heterocycles. The van der Waals surface area contributed by atoms with Crippen LogP contribution in [0.25, 0.3) is 0 Å². The molecule has 0 radical (unpaired) electrons. The van der Waals surface area contributed by atoms with Gasteiger partial charge in [0, 0.05) is 21.1 Å². The molecule has 1 rings (SSSR count). The standard InChI is InChI=1S/C11H19N5O/c1-8-5-6-9(17-8)7-16(4)11(14-3)15-10(12)13-2/h5-6H,7H2,1-4H3,(H3,12,13,14,15). The summed E-state index contributed by atoms with van der Waals surface area (Å²) in [5.41, 5.74) is 0. The van der Waals surface area contributed by atoms with Crippen molar-refractivity contribution in [3.63, 3.8) is 0 Å². The molecular weight excluding hydrogens is 218 g/mol. The highest BCUT2D eigenvalue weighted by molar-refractivity contribution is 5.96. The number of aliphatic imine (C=N–C) groups is 1. The van der Waals surface area contributed by atoms with Crippen LogP contribution < -0.4 is 10.6 Å². The SMILES string of the molecule is C/N=C(\NC(=N)NC)N(C)Cc1ccc(C)o1. The summed E-state index contributed by atoms with van der Waals surface area (Å²) < 4.78 is 5.49. The molecule has 0 saturated heterocycles. The summed E-state index contributed by atoms with van der Waals surface area (Å²) in [4.78, 5) is 5.97. The van der Waals surface area contributed by atoms with Crippen molar-refractivity contribution in [1.29, 1.82) is 5.41 Å². The molecule has 0 aromatic carbocycles. The third kappa shape index (κ3) is 3.82. The minimum atomic E-state index is 0.202. The molecular formula is C11H19N5O. The average Bonchev–Trinajstić information content (AvgIpc) is 2.70. The Morgan fingerprint density at radius 3 is 2.71 bits per heavy atom. The molecule has 0 aliphatic heterocycles. The minimum absolute atomic E-state index is 0.202. The topological polar surface area (TPSA) is 76.7 Å². The Morgan fingerprint density at radius 1 is 1.53 bits per heavy atom. The third-order valence-electron chi connectivity index (χ3n) is 2.25. The number of nitrogens with one attached hydrogen (secondary N) is 3. The Hall–Kier alpha value is -1.98. The predicted molar refractivity (Wildman–Crippen MR) is 68.2 cm³/mol. The fourth-order valence-corrected chi connectivity index (χ4v) is 1.38. The number of aryl methyl sites for hydroxylation is 1. The second-order valence-corrected chi connectivity index (χ2v) is 3.67. The first-order chi connectivity index (χ1) is 8.06. The summed E-state index contributed by atoms with van der Waals surface area (Å²) in [5.74, 6) is 2.56. The maximum absolute atomic E-state index is 7.50. The van der Waals surface area contributed by atoms with Crippen LogP contribution in [0.4, 0.5) is 0 Å². The van der Waals surface area contributed by atoms with Crippen molar-refractivity contribution in [1.82, 2.24) is 15.5 Å². The fourth-order valence-electron chi connectivity index (χ4n) is 1.38. The van der Waals surface area contributed by atoms with Gasteiger partial charge in [0.25, 0.3) is 0 Å². The molecule has 17 heavy (non-hydrogen) atoms. The molecule has 0 saturated carbocycles. The Bertz CT molecular complexity index is 410. The lowest BCUT2D eigenvalue weighted by Gasteiger charge is -2.20. The van der Waals surface area contributed by atoms with E-state index in [1.165, 1.54) is 0 Å². The van der Waals surface area contributed by atoms with Gasteiger partial charge in [-0.15, -0.1) is 0 Å². The summed E-state index contributed by atoms with van der Waals surface area (Å²) in [6.07, 6.45) is 0. The lowest BCUT2D eigenvalue weighted by Crippen LogP contribution is -2.45. The molecule has 0 spiro atoms. The van der Waals surface area contributed by atoms with Crippen LogP contribution in [0, 0.1) is 12.3 Å². The van der Waals surface area contributed by atoms with Gasteiger partial charge in [-0.1, -0.05) is 0 Å². The minimum Gasteiger partial charge on any atom is -0.464 e. The second-order valence-electron chi connectivity index (χ2n) is 3.67. The lowest BCUT2D eigenvalue weighted by atomic mass is 10.4. The van der Waals surface area contributed by atoms with Crippen LogP contribution in [0.15, 0.2) is 21.5 Å². The molecule has 0 amide bonds. The van der Waals surface area contributed by atoms with Gasteiger partial charge in [-0.2, -0.15) is 0 Å². The van der Waals surface area contributed by atoms with E-state index in [-0.39, 0.29) is 5.96 Å². The average molecular weight is 237 g/mol. The van der Waals surface area contributed by atoms with Gasteiger partial charge in [-0.25, -0.2) is 0 Å². The first-order valence-electron chi connectivity index (χ1n) is 5.33. The van der Waals surface area contributed by atoms with Crippen molar-refractivity contribution < 1.29 is 4.42 Å².